The molecule has 0 aliphatic heterocycles. The average molecular weight is 517 g/mol. The number of nitrogens with one attached hydrogen (secondary N) is 3. The zero-order valence-electron chi connectivity index (χ0n) is 20.7. The number of hydroxylamine groups is 1. The molecular weight excluding hydrogens is 488 g/mol. The Kier molecular flexibility index (Phi) is 7.50. The standard InChI is InChI=1S/C27H28N6O3S/c1-36-32-26(35)23-16-33(21-11-8-18-4-3-5-19(18)14-21)25-22(24(23)34)15-28-27(31-25)30-20-9-6-17(7-10-20)12-13-29-37-2/h6-11,14-16,29H,3-5,12-13H2,1-2H3,(H,32,35)(H,28,30,31). The molecule has 2 aromatic carbocycles. The largest absolute Gasteiger partial charge is 0.324 e. The number of hydrogen-bond donors (Lipinski definition) is 3. The highest BCUT2D eigenvalue weighted by Crippen LogP contribution is 2.26. The van der Waals surface area contributed by atoms with Crippen LogP contribution in [0.25, 0.3) is 16.7 Å². The Labute approximate surface area is 218 Å². The van der Waals surface area contributed by atoms with Crippen molar-refractivity contribution < 1.29 is 9.63 Å². The van der Waals surface area contributed by atoms with Crippen molar-refractivity contribution in [1.29, 1.82) is 0 Å². The number of fused-ring (bicyclic) bond motifs is 2. The second kappa shape index (κ2) is 11.1. The number of aromatic nitrogens is 3. The quantitative estimate of drug-likeness (QED) is 0.175. The molecule has 3 N–H and O–H groups in total. The van der Waals surface area contributed by atoms with Gasteiger partial charge in [-0.15, -0.1) is 0 Å². The van der Waals surface area contributed by atoms with Gasteiger partial charge in [-0.25, -0.2) is 10.5 Å². The van der Waals surface area contributed by atoms with E-state index in [4.69, 9.17) is 9.82 Å². The smallest absolute Gasteiger partial charge is 0.280 e. The van der Waals surface area contributed by atoms with Crippen LogP contribution >= 0.6 is 11.9 Å². The number of rotatable bonds is 9. The van der Waals surface area contributed by atoms with E-state index in [-0.39, 0.29) is 10.9 Å². The van der Waals surface area contributed by atoms with Gasteiger partial charge in [0.05, 0.1) is 12.5 Å². The molecule has 0 fully saturated rings. The Bertz CT molecular complexity index is 1500. The van der Waals surface area contributed by atoms with Crippen molar-refractivity contribution in [2.75, 3.05) is 25.2 Å². The number of anilines is 2. The van der Waals surface area contributed by atoms with E-state index >= 15 is 0 Å². The maximum Gasteiger partial charge on any atom is 0.280 e. The van der Waals surface area contributed by atoms with Gasteiger partial charge in [0.2, 0.25) is 11.4 Å². The predicted molar refractivity (Wildman–Crippen MR) is 147 cm³/mol. The molecule has 2 aromatic heterocycles. The highest BCUT2D eigenvalue weighted by molar-refractivity contribution is 7.96. The van der Waals surface area contributed by atoms with Crippen molar-refractivity contribution in [3.8, 4) is 5.69 Å². The SMILES string of the molecule is CONC(=O)c1cn(-c2ccc3c(c2)CCC3)c2nc(Nc3ccc(CCNSC)cc3)ncc2c1=O. The summed E-state index contributed by atoms with van der Waals surface area (Å²) in [5.41, 5.74) is 7.62. The van der Waals surface area contributed by atoms with Gasteiger partial charge in [0.15, 0.2) is 5.65 Å². The zero-order valence-corrected chi connectivity index (χ0v) is 21.5. The molecule has 1 aliphatic carbocycles. The maximum atomic E-state index is 13.2. The van der Waals surface area contributed by atoms with Crippen LogP contribution in [-0.2, 0) is 24.1 Å². The van der Waals surface area contributed by atoms with Crippen molar-refractivity contribution in [3.05, 3.63) is 87.3 Å². The molecule has 10 heteroatoms. The van der Waals surface area contributed by atoms with Crippen molar-refractivity contribution in [3.63, 3.8) is 0 Å². The molecular formula is C27H28N6O3S. The Morgan fingerprint density at radius 2 is 1.95 bits per heavy atom. The van der Waals surface area contributed by atoms with Crippen LogP contribution < -0.4 is 20.9 Å². The number of hydrogen-bond acceptors (Lipinski definition) is 8. The minimum absolute atomic E-state index is 0.0503. The first kappa shape index (κ1) is 24.9. The molecule has 190 valence electrons. The Morgan fingerprint density at radius 3 is 2.73 bits per heavy atom. The zero-order chi connectivity index (χ0) is 25.8. The van der Waals surface area contributed by atoms with Gasteiger partial charge in [-0.3, -0.25) is 19.1 Å². The molecule has 1 aliphatic rings. The molecule has 9 nitrogen and oxygen atoms in total. The minimum Gasteiger partial charge on any atom is -0.324 e. The van der Waals surface area contributed by atoms with Crippen LogP contribution in [0.2, 0.25) is 0 Å². The maximum absolute atomic E-state index is 13.2. The summed E-state index contributed by atoms with van der Waals surface area (Å²) in [4.78, 5) is 39.6. The molecule has 2 heterocycles. The molecule has 4 aromatic rings. The number of carbonyl (C=O) groups is 1. The molecule has 0 radical (unpaired) electrons. The van der Waals surface area contributed by atoms with E-state index in [0.717, 1.165) is 43.6 Å². The van der Waals surface area contributed by atoms with E-state index in [2.05, 4.69) is 44.8 Å². The van der Waals surface area contributed by atoms with Crippen LogP contribution in [0.5, 0.6) is 0 Å². The lowest BCUT2D eigenvalue weighted by Crippen LogP contribution is -2.29. The summed E-state index contributed by atoms with van der Waals surface area (Å²) >= 11 is 1.61. The van der Waals surface area contributed by atoms with Crippen molar-refractivity contribution in [2.45, 2.75) is 25.7 Å². The first-order valence-corrected chi connectivity index (χ1v) is 13.3. The molecule has 0 saturated carbocycles. The highest BCUT2D eigenvalue weighted by Gasteiger charge is 2.19. The van der Waals surface area contributed by atoms with E-state index in [1.54, 1.807) is 16.5 Å². The molecule has 0 atom stereocenters. The second-order valence-electron chi connectivity index (χ2n) is 8.79. The van der Waals surface area contributed by atoms with Gasteiger partial charge in [0.25, 0.3) is 5.91 Å². The van der Waals surface area contributed by atoms with Crippen LogP contribution in [0.15, 0.2) is 59.7 Å². The van der Waals surface area contributed by atoms with Crippen LogP contribution in [-0.4, -0.2) is 40.4 Å². The lowest BCUT2D eigenvalue weighted by Gasteiger charge is -2.15. The van der Waals surface area contributed by atoms with Gasteiger partial charge in [0.1, 0.15) is 5.56 Å². The summed E-state index contributed by atoms with van der Waals surface area (Å²) in [5.74, 6) is -0.271. The van der Waals surface area contributed by atoms with E-state index < -0.39 is 11.3 Å². The monoisotopic (exact) mass is 516 g/mol. The van der Waals surface area contributed by atoms with Gasteiger partial charge >= 0.3 is 0 Å². The number of benzene rings is 2. The van der Waals surface area contributed by atoms with Crippen LogP contribution in [0.4, 0.5) is 11.6 Å². The van der Waals surface area contributed by atoms with Crippen LogP contribution in [0.3, 0.4) is 0 Å². The molecule has 0 saturated heterocycles. The van der Waals surface area contributed by atoms with Gasteiger partial charge in [-0.2, -0.15) is 4.98 Å². The minimum atomic E-state index is -0.626. The number of nitrogens with zero attached hydrogens (tertiary/aromatic N) is 3. The van der Waals surface area contributed by atoms with Crippen LogP contribution in [0, 0.1) is 0 Å². The molecule has 0 bridgehead atoms. The van der Waals surface area contributed by atoms with E-state index in [1.807, 2.05) is 24.5 Å². The van der Waals surface area contributed by atoms with Gasteiger partial charge in [-0.05, 0) is 72.9 Å². The molecule has 0 unspecified atom stereocenters. The van der Waals surface area contributed by atoms with Crippen molar-refractivity contribution in [2.24, 2.45) is 0 Å². The summed E-state index contributed by atoms with van der Waals surface area (Å²) in [7, 11) is 1.33. The lowest BCUT2D eigenvalue weighted by molar-refractivity contribution is 0.0536. The number of amides is 1. The van der Waals surface area contributed by atoms with Crippen molar-refractivity contribution in [1.82, 2.24) is 24.7 Å². The summed E-state index contributed by atoms with van der Waals surface area (Å²) < 4.78 is 5.02. The third kappa shape index (κ3) is 5.36. The Hall–Kier alpha value is -3.73. The summed E-state index contributed by atoms with van der Waals surface area (Å²) in [6, 6.07) is 14.3. The van der Waals surface area contributed by atoms with Gasteiger partial charge < -0.3 is 9.88 Å². The Balaban J connectivity index is 1.54. The Morgan fingerprint density at radius 1 is 1.14 bits per heavy atom. The van der Waals surface area contributed by atoms with E-state index in [9.17, 15) is 9.59 Å². The summed E-state index contributed by atoms with van der Waals surface area (Å²) in [6.45, 7) is 0.895. The molecule has 0 spiro atoms. The van der Waals surface area contributed by atoms with E-state index in [0.29, 0.717) is 11.6 Å². The fraction of sp³-hybridized carbons (Fsp3) is 0.259. The fourth-order valence-corrected chi connectivity index (χ4v) is 4.87. The first-order valence-electron chi connectivity index (χ1n) is 12.1. The summed E-state index contributed by atoms with van der Waals surface area (Å²) in [6.07, 6.45) is 9.10. The second-order valence-corrected chi connectivity index (χ2v) is 9.48. The van der Waals surface area contributed by atoms with E-state index in [1.165, 1.54) is 36.2 Å². The highest BCUT2D eigenvalue weighted by atomic mass is 32.2. The number of aryl methyl sites for hydroxylation is 2. The molecule has 37 heavy (non-hydrogen) atoms. The fourth-order valence-electron chi connectivity index (χ4n) is 4.57. The average Bonchev–Trinajstić information content (AvgIpc) is 3.38. The third-order valence-corrected chi connectivity index (χ3v) is 6.91. The number of pyridine rings is 1. The van der Waals surface area contributed by atoms with Crippen molar-refractivity contribution >= 4 is 40.5 Å². The topological polar surface area (TPSA) is 110 Å². The molecule has 1 amide bonds. The first-order chi connectivity index (χ1) is 18.1. The third-order valence-electron chi connectivity index (χ3n) is 6.41. The molecule has 5 rings (SSSR count). The van der Waals surface area contributed by atoms with Gasteiger partial charge in [0, 0.05) is 30.3 Å². The normalized spacial score (nSPS) is 12.5. The number of carbonyl (C=O) groups excluding carboxylic acids is 1. The van der Waals surface area contributed by atoms with Crippen LogP contribution in [0.1, 0.15) is 33.5 Å². The van der Waals surface area contributed by atoms with Gasteiger partial charge in [-0.1, -0.05) is 30.1 Å². The lowest BCUT2D eigenvalue weighted by atomic mass is 10.1. The summed E-state index contributed by atoms with van der Waals surface area (Å²) in [5, 5.41) is 3.47. The predicted octanol–water partition coefficient (Wildman–Crippen LogP) is 3.71.